The maximum atomic E-state index is 7.51. The molecule has 0 amide bonds. The zero-order valence-electron chi connectivity index (χ0n) is 10.7. The van der Waals surface area contributed by atoms with Gasteiger partial charge in [0.1, 0.15) is 5.84 Å². The molecular weight excluding hydrogens is 240 g/mol. The SMILES string of the molecule is CC[C@@H](C)C=Cc1cccc2sc(C(=N)N)cc12. The molecule has 3 N–H and O–H groups in total. The number of nitrogens with two attached hydrogens (primary N) is 1. The molecule has 2 nitrogen and oxygen atoms in total. The van der Waals surface area contributed by atoms with Crippen LogP contribution in [0.3, 0.4) is 0 Å². The van der Waals surface area contributed by atoms with E-state index in [1.165, 1.54) is 15.6 Å². The molecule has 2 rings (SSSR count). The number of hydrogen-bond donors (Lipinski definition) is 2. The monoisotopic (exact) mass is 258 g/mol. The quantitative estimate of drug-likeness (QED) is 0.625. The Morgan fingerprint density at radius 1 is 1.50 bits per heavy atom. The molecule has 2 aromatic rings. The Hall–Kier alpha value is -1.61. The zero-order chi connectivity index (χ0) is 13.1. The first kappa shape index (κ1) is 12.8. The fourth-order valence-electron chi connectivity index (χ4n) is 1.77. The van der Waals surface area contributed by atoms with Crippen molar-refractivity contribution in [1.82, 2.24) is 0 Å². The molecule has 0 saturated carbocycles. The van der Waals surface area contributed by atoms with Gasteiger partial charge in [0.25, 0.3) is 0 Å². The van der Waals surface area contributed by atoms with Crippen LogP contribution in [0.15, 0.2) is 30.3 Å². The largest absolute Gasteiger partial charge is 0.383 e. The fourth-order valence-corrected chi connectivity index (χ4v) is 2.72. The molecule has 0 aliphatic rings. The van der Waals surface area contributed by atoms with Crippen LogP contribution in [0.2, 0.25) is 0 Å². The number of amidine groups is 1. The molecule has 1 aromatic carbocycles. The lowest BCUT2D eigenvalue weighted by Gasteiger charge is -2.00. The Labute approximate surface area is 112 Å². The van der Waals surface area contributed by atoms with E-state index >= 15 is 0 Å². The third-order valence-corrected chi connectivity index (χ3v) is 4.24. The van der Waals surface area contributed by atoms with Crippen molar-refractivity contribution in [2.24, 2.45) is 11.7 Å². The summed E-state index contributed by atoms with van der Waals surface area (Å²) in [5, 5.41) is 8.70. The van der Waals surface area contributed by atoms with E-state index in [9.17, 15) is 0 Å². The molecule has 0 saturated heterocycles. The summed E-state index contributed by atoms with van der Waals surface area (Å²) >= 11 is 1.58. The predicted octanol–water partition coefficient (Wildman–Crippen LogP) is 4.24. The molecule has 0 aliphatic carbocycles. The van der Waals surface area contributed by atoms with Crippen LogP contribution in [0.4, 0.5) is 0 Å². The van der Waals surface area contributed by atoms with Gasteiger partial charge in [0.15, 0.2) is 0 Å². The van der Waals surface area contributed by atoms with E-state index in [1.54, 1.807) is 11.3 Å². The number of hydrogen-bond acceptors (Lipinski definition) is 2. The summed E-state index contributed by atoms with van der Waals surface area (Å²) < 4.78 is 1.19. The van der Waals surface area contributed by atoms with Gasteiger partial charge in [-0.25, -0.2) is 0 Å². The van der Waals surface area contributed by atoms with Crippen molar-refractivity contribution >= 4 is 33.3 Å². The second kappa shape index (κ2) is 5.36. The maximum Gasteiger partial charge on any atom is 0.133 e. The highest BCUT2D eigenvalue weighted by Crippen LogP contribution is 2.29. The minimum absolute atomic E-state index is 0.146. The minimum atomic E-state index is 0.146. The van der Waals surface area contributed by atoms with Crippen LogP contribution in [-0.2, 0) is 0 Å². The number of thiophene rings is 1. The first-order valence-corrected chi connectivity index (χ1v) is 6.98. The number of rotatable bonds is 4. The third-order valence-electron chi connectivity index (χ3n) is 3.11. The summed E-state index contributed by atoms with van der Waals surface area (Å²) in [7, 11) is 0. The van der Waals surface area contributed by atoms with Crippen LogP contribution in [0.25, 0.3) is 16.2 Å². The van der Waals surface area contributed by atoms with E-state index in [0.717, 1.165) is 11.3 Å². The molecule has 0 radical (unpaired) electrons. The van der Waals surface area contributed by atoms with Gasteiger partial charge in [-0.2, -0.15) is 0 Å². The van der Waals surface area contributed by atoms with Crippen LogP contribution in [0.5, 0.6) is 0 Å². The Morgan fingerprint density at radius 3 is 2.94 bits per heavy atom. The van der Waals surface area contributed by atoms with Crippen molar-refractivity contribution in [1.29, 1.82) is 5.41 Å². The normalized spacial score (nSPS) is 13.2. The number of allylic oxidation sites excluding steroid dienone is 1. The van der Waals surface area contributed by atoms with E-state index in [4.69, 9.17) is 11.1 Å². The third kappa shape index (κ3) is 2.62. The molecule has 1 aromatic heterocycles. The van der Waals surface area contributed by atoms with E-state index in [-0.39, 0.29) is 5.84 Å². The van der Waals surface area contributed by atoms with Crippen molar-refractivity contribution in [2.75, 3.05) is 0 Å². The lowest BCUT2D eigenvalue weighted by atomic mass is 10.0. The van der Waals surface area contributed by atoms with Crippen molar-refractivity contribution < 1.29 is 0 Å². The van der Waals surface area contributed by atoms with E-state index < -0.39 is 0 Å². The predicted molar refractivity (Wildman–Crippen MR) is 81.3 cm³/mol. The number of fused-ring (bicyclic) bond motifs is 1. The Balaban J connectivity index is 2.44. The van der Waals surface area contributed by atoms with Gasteiger partial charge >= 0.3 is 0 Å². The second-order valence-electron chi connectivity index (χ2n) is 4.53. The van der Waals surface area contributed by atoms with Gasteiger partial charge in [0.2, 0.25) is 0 Å². The van der Waals surface area contributed by atoms with Crippen molar-refractivity contribution in [3.05, 3.63) is 40.8 Å². The summed E-state index contributed by atoms with van der Waals surface area (Å²) in [4.78, 5) is 0.842. The van der Waals surface area contributed by atoms with Gasteiger partial charge < -0.3 is 5.73 Å². The molecule has 1 atom stereocenters. The molecule has 0 spiro atoms. The van der Waals surface area contributed by atoms with E-state index in [0.29, 0.717) is 5.92 Å². The van der Waals surface area contributed by atoms with Crippen molar-refractivity contribution in [3.8, 4) is 0 Å². The van der Waals surface area contributed by atoms with E-state index in [1.807, 2.05) is 6.07 Å². The average Bonchev–Trinajstić information content (AvgIpc) is 2.80. The van der Waals surface area contributed by atoms with Gasteiger partial charge in [0.05, 0.1) is 4.88 Å². The van der Waals surface area contributed by atoms with Gasteiger partial charge in [0, 0.05) is 10.1 Å². The highest BCUT2D eigenvalue weighted by molar-refractivity contribution is 7.20. The van der Waals surface area contributed by atoms with Crippen LogP contribution >= 0.6 is 11.3 Å². The van der Waals surface area contributed by atoms with Crippen LogP contribution in [0, 0.1) is 11.3 Å². The highest BCUT2D eigenvalue weighted by atomic mass is 32.1. The Kier molecular flexibility index (Phi) is 3.82. The summed E-state index contributed by atoms with van der Waals surface area (Å²) in [5.74, 6) is 0.735. The molecule has 0 fully saturated rings. The number of nitrogen functional groups attached to an aromatic ring is 1. The first-order valence-electron chi connectivity index (χ1n) is 6.17. The van der Waals surface area contributed by atoms with Crippen molar-refractivity contribution in [2.45, 2.75) is 20.3 Å². The molecule has 0 bridgehead atoms. The van der Waals surface area contributed by atoms with Crippen molar-refractivity contribution in [3.63, 3.8) is 0 Å². The van der Waals surface area contributed by atoms with Gasteiger partial charge in [-0.05, 0) is 23.6 Å². The fraction of sp³-hybridized carbons (Fsp3) is 0.267. The first-order chi connectivity index (χ1) is 8.61. The Bertz CT molecular complexity index is 596. The standard InChI is InChI=1S/C15H18N2S/c1-3-10(2)7-8-11-5-4-6-13-12(11)9-14(18-13)15(16)17/h4-10H,3H2,1-2H3,(H3,16,17)/t10-/m1/s1. The topological polar surface area (TPSA) is 49.9 Å². The lowest BCUT2D eigenvalue weighted by Crippen LogP contribution is -2.08. The summed E-state index contributed by atoms with van der Waals surface area (Å²) in [6, 6.07) is 8.25. The average molecular weight is 258 g/mol. The zero-order valence-corrected chi connectivity index (χ0v) is 11.6. The second-order valence-corrected chi connectivity index (χ2v) is 5.61. The molecule has 0 unspecified atom stereocenters. The van der Waals surface area contributed by atoms with E-state index in [2.05, 4.69) is 44.2 Å². The maximum absolute atomic E-state index is 7.51. The molecule has 94 valence electrons. The smallest absolute Gasteiger partial charge is 0.133 e. The van der Waals surface area contributed by atoms with Crippen LogP contribution < -0.4 is 5.73 Å². The molecule has 1 heterocycles. The minimum Gasteiger partial charge on any atom is -0.383 e. The van der Waals surface area contributed by atoms with Crippen LogP contribution in [0.1, 0.15) is 30.7 Å². The van der Waals surface area contributed by atoms with Crippen LogP contribution in [-0.4, -0.2) is 5.84 Å². The summed E-state index contributed by atoms with van der Waals surface area (Å²) in [5.41, 5.74) is 6.75. The summed E-state index contributed by atoms with van der Waals surface area (Å²) in [6.07, 6.45) is 5.56. The molecular formula is C15H18N2S. The number of nitrogens with one attached hydrogen (secondary N) is 1. The Morgan fingerprint density at radius 2 is 2.28 bits per heavy atom. The molecule has 0 aliphatic heterocycles. The lowest BCUT2D eigenvalue weighted by molar-refractivity contribution is 0.701. The van der Waals surface area contributed by atoms with Gasteiger partial charge in [-0.3, -0.25) is 5.41 Å². The molecule has 3 heteroatoms. The molecule has 18 heavy (non-hydrogen) atoms. The van der Waals surface area contributed by atoms with Gasteiger partial charge in [-0.15, -0.1) is 11.3 Å². The summed E-state index contributed by atoms with van der Waals surface area (Å²) in [6.45, 7) is 4.40. The van der Waals surface area contributed by atoms with Gasteiger partial charge in [-0.1, -0.05) is 44.6 Å². The number of benzene rings is 1. The highest BCUT2D eigenvalue weighted by Gasteiger charge is 2.06.